The molecule has 26 heavy (non-hydrogen) atoms. The van der Waals surface area contributed by atoms with Gasteiger partial charge in [0.2, 0.25) is 0 Å². The van der Waals surface area contributed by atoms with Crippen molar-refractivity contribution in [1.82, 2.24) is 10.5 Å². The van der Waals surface area contributed by atoms with E-state index >= 15 is 0 Å². The molecule has 1 aromatic heterocycles. The Labute approximate surface area is 147 Å². The van der Waals surface area contributed by atoms with Crippen molar-refractivity contribution in [3.05, 3.63) is 47.3 Å². The summed E-state index contributed by atoms with van der Waals surface area (Å²) in [5.74, 6) is 0.482. The minimum Gasteiger partial charge on any atom is -0.486 e. The lowest BCUT2D eigenvalue weighted by atomic mass is 10.1. The van der Waals surface area contributed by atoms with Crippen LogP contribution in [0.1, 0.15) is 28.2 Å². The van der Waals surface area contributed by atoms with Crippen LogP contribution in [0.2, 0.25) is 0 Å². The van der Waals surface area contributed by atoms with E-state index in [0.29, 0.717) is 31.4 Å². The fourth-order valence-corrected chi connectivity index (χ4v) is 2.45. The maximum Gasteiger partial charge on any atom is 0.416 e. The maximum atomic E-state index is 12.5. The lowest BCUT2D eigenvalue weighted by Crippen LogP contribution is -2.29. The molecule has 0 aliphatic carbocycles. The molecule has 0 saturated carbocycles. The molecule has 3 rings (SSSR count). The summed E-state index contributed by atoms with van der Waals surface area (Å²) in [5, 5.41) is 6.43. The van der Waals surface area contributed by atoms with E-state index in [1.165, 1.54) is 18.2 Å². The lowest BCUT2D eigenvalue weighted by molar-refractivity contribution is -0.137. The Morgan fingerprint density at radius 3 is 2.73 bits per heavy atom. The summed E-state index contributed by atoms with van der Waals surface area (Å²) >= 11 is 0. The summed E-state index contributed by atoms with van der Waals surface area (Å²) in [5.41, 5.74) is -0.633. The first-order valence-electron chi connectivity index (χ1n) is 8.03. The third kappa shape index (κ3) is 4.75. The number of nitrogens with one attached hydrogen (secondary N) is 1. The molecule has 6 nitrogen and oxygen atoms in total. The highest BCUT2D eigenvalue weighted by Gasteiger charge is 2.30. The average molecular weight is 370 g/mol. The molecule has 0 radical (unpaired) electrons. The van der Waals surface area contributed by atoms with Gasteiger partial charge in [0, 0.05) is 25.1 Å². The summed E-state index contributed by atoms with van der Waals surface area (Å²) < 4.78 is 53.1. The van der Waals surface area contributed by atoms with E-state index in [2.05, 4.69) is 10.5 Å². The number of aromatic nitrogens is 1. The highest BCUT2D eigenvalue weighted by molar-refractivity contribution is 5.92. The van der Waals surface area contributed by atoms with Gasteiger partial charge in [-0.25, -0.2) is 0 Å². The summed E-state index contributed by atoms with van der Waals surface area (Å²) in [6, 6.07) is 5.74. The summed E-state index contributed by atoms with van der Waals surface area (Å²) in [7, 11) is 0. The molecule has 1 saturated heterocycles. The van der Waals surface area contributed by atoms with E-state index in [9.17, 15) is 18.0 Å². The molecule has 1 atom stereocenters. The molecule has 9 heteroatoms. The van der Waals surface area contributed by atoms with E-state index in [1.54, 1.807) is 0 Å². The smallest absolute Gasteiger partial charge is 0.416 e. The minimum atomic E-state index is -4.39. The Kier molecular flexibility index (Phi) is 5.46. The number of ether oxygens (including phenoxy) is 2. The van der Waals surface area contributed by atoms with Crippen LogP contribution in [0.4, 0.5) is 13.2 Å². The van der Waals surface area contributed by atoms with Gasteiger partial charge >= 0.3 is 6.18 Å². The zero-order valence-corrected chi connectivity index (χ0v) is 13.7. The summed E-state index contributed by atoms with van der Waals surface area (Å²) in [6.45, 7) is 1.78. The van der Waals surface area contributed by atoms with Crippen LogP contribution in [0, 0.1) is 5.92 Å². The predicted octanol–water partition coefficient (Wildman–Crippen LogP) is 3.04. The normalized spacial score (nSPS) is 17.3. The van der Waals surface area contributed by atoms with E-state index in [4.69, 9.17) is 14.0 Å². The number of carbonyl (C=O) groups excluding carboxylic acids is 1. The molecular formula is C17H17F3N2O4. The Balaban J connectivity index is 1.49. The Morgan fingerprint density at radius 1 is 1.31 bits per heavy atom. The van der Waals surface area contributed by atoms with Gasteiger partial charge in [-0.15, -0.1) is 0 Å². The van der Waals surface area contributed by atoms with Gasteiger partial charge in [-0.3, -0.25) is 4.79 Å². The van der Waals surface area contributed by atoms with Crippen molar-refractivity contribution in [3.8, 4) is 5.75 Å². The molecule has 1 aliphatic heterocycles. The minimum absolute atomic E-state index is 0.0535. The van der Waals surface area contributed by atoms with E-state index < -0.39 is 11.7 Å². The molecular weight excluding hydrogens is 353 g/mol. The number of amides is 1. The van der Waals surface area contributed by atoms with Crippen molar-refractivity contribution in [2.75, 3.05) is 19.8 Å². The first-order valence-corrected chi connectivity index (χ1v) is 8.03. The topological polar surface area (TPSA) is 73.6 Å². The van der Waals surface area contributed by atoms with Crippen molar-refractivity contribution < 1.29 is 32.0 Å². The zero-order chi connectivity index (χ0) is 18.6. The number of rotatable bonds is 6. The lowest BCUT2D eigenvalue weighted by Gasteiger charge is -2.08. The quantitative estimate of drug-likeness (QED) is 0.846. The Bertz CT molecular complexity index is 737. The van der Waals surface area contributed by atoms with Crippen LogP contribution >= 0.6 is 0 Å². The highest BCUT2D eigenvalue weighted by atomic mass is 19.4. The molecule has 0 spiro atoms. The predicted molar refractivity (Wildman–Crippen MR) is 83.5 cm³/mol. The van der Waals surface area contributed by atoms with Crippen LogP contribution in [0.5, 0.6) is 5.75 Å². The number of hydrogen-bond donors (Lipinski definition) is 1. The Hall–Kier alpha value is -2.55. The number of nitrogens with zero attached hydrogens (tertiary/aromatic N) is 1. The SMILES string of the molecule is O=C(NCC1CCOC1)c1cc(COc2ccc(C(F)(F)F)cc2)on1. The highest BCUT2D eigenvalue weighted by Crippen LogP contribution is 2.30. The molecule has 2 aromatic rings. The van der Waals surface area contributed by atoms with Crippen LogP contribution < -0.4 is 10.1 Å². The van der Waals surface area contributed by atoms with Crippen LogP contribution in [0.25, 0.3) is 0 Å². The molecule has 140 valence electrons. The fraction of sp³-hybridized carbons (Fsp3) is 0.412. The van der Waals surface area contributed by atoms with Gasteiger partial charge in [0.1, 0.15) is 12.4 Å². The van der Waals surface area contributed by atoms with Gasteiger partial charge in [-0.2, -0.15) is 13.2 Å². The van der Waals surface area contributed by atoms with Crippen LogP contribution in [-0.4, -0.2) is 30.8 Å². The van der Waals surface area contributed by atoms with Gasteiger partial charge in [-0.05, 0) is 30.7 Å². The van der Waals surface area contributed by atoms with E-state index in [1.807, 2.05) is 0 Å². The number of benzene rings is 1. The molecule has 1 fully saturated rings. The van der Waals surface area contributed by atoms with Gasteiger partial charge in [0.05, 0.1) is 12.2 Å². The largest absolute Gasteiger partial charge is 0.486 e. The second-order valence-electron chi connectivity index (χ2n) is 5.93. The van der Waals surface area contributed by atoms with Crippen molar-refractivity contribution in [2.45, 2.75) is 19.2 Å². The molecule has 1 aromatic carbocycles. The molecule has 1 amide bonds. The number of hydrogen-bond acceptors (Lipinski definition) is 5. The second kappa shape index (κ2) is 7.77. The van der Waals surface area contributed by atoms with Crippen LogP contribution in [-0.2, 0) is 17.5 Å². The zero-order valence-electron chi connectivity index (χ0n) is 13.7. The molecule has 0 bridgehead atoms. The van der Waals surface area contributed by atoms with Crippen molar-refractivity contribution in [2.24, 2.45) is 5.92 Å². The van der Waals surface area contributed by atoms with Crippen molar-refractivity contribution in [3.63, 3.8) is 0 Å². The van der Waals surface area contributed by atoms with E-state index in [0.717, 1.165) is 18.6 Å². The maximum absolute atomic E-state index is 12.5. The molecule has 1 unspecified atom stereocenters. The standard InChI is InChI=1S/C17H17F3N2O4/c18-17(19,20)12-1-3-13(4-2-12)25-10-14-7-15(22-26-14)16(23)21-8-11-5-6-24-9-11/h1-4,7,11H,5-6,8-10H2,(H,21,23). The van der Waals surface area contributed by atoms with Gasteiger partial charge < -0.3 is 19.3 Å². The number of halogens is 3. The molecule has 1 aliphatic rings. The third-order valence-corrected chi connectivity index (χ3v) is 3.93. The third-order valence-electron chi connectivity index (χ3n) is 3.93. The van der Waals surface area contributed by atoms with Crippen LogP contribution in [0.3, 0.4) is 0 Å². The van der Waals surface area contributed by atoms with Crippen molar-refractivity contribution >= 4 is 5.91 Å². The molecule has 2 heterocycles. The average Bonchev–Trinajstić information content (AvgIpc) is 3.29. The first-order chi connectivity index (χ1) is 12.4. The van der Waals surface area contributed by atoms with E-state index in [-0.39, 0.29) is 24.0 Å². The van der Waals surface area contributed by atoms with Gasteiger partial charge in [0.15, 0.2) is 11.5 Å². The summed E-state index contributed by atoms with van der Waals surface area (Å²) in [4.78, 5) is 12.0. The number of alkyl halides is 3. The van der Waals surface area contributed by atoms with Gasteiger partial charge in [0.25, 0.3) is 5.91 Å². The fourth-order valence-electron chi connectivity index (χ4n) is 2.45. The number of carbonyl (C=O) groups is 1. The van der Waals surface area contributed by atoms with Crippen molar-refractivity contribution in [1.29, 1.82) is 0 Å². The first kappa shape index (κ1) is 18.2. The molecule has 1 N–H and O–H groups in total. The second-order valence-corrected chi connectivity index (χ2v) is 5.93. The van der Waals surface area contributed by atoms with Crippen LogP contribution in [0.15, 0.2) is 34.9 Å². The Morgan fingerprint density at radius 2 is 2.08 bits per heavy atom. The summed E-state index contributed by atoms with van der Waals surface area (Å²) in [6.07, 6.45) is -3.48. The monoisotopic (exact) mass is 370 g/mol. The van der Waals surface area contributed by atoms with Gasteiger partial charge in [-0.1, -0.05) is 5.16 Å².